The number of anilines is 1. The molecule has 1 amide bonds. The lowest BCUT2D eigenvalue weighted by Gasteiger charge is -2.21. The Morgan fingerprint density at radius 2 is 2.20 bits per heavy atom. The van der Waals surface area contributed by atoms with E-state index in [4.69, 9.17) is 0 Å². The number of benzene rings is 1. The molecule has 80 valence electrons. The zero-order chi connectivity index (χ0) is 11.1. The van der Waals surface area contributed by atoms with Crippen molar-refractivity contribution in [2.45, 2.75) is 32.1 Å². The highest BCUT2D eigenvalue weighted by atomic mass is 19.1. The van der Waals surface area contributed by atoms with Gasteiger partial charge in [0.1, 0.15) is 5.82 Å². The second-order valence-corrected chi connectivity index (χ2v) is 4.23. The summed E-state index contributed by atoms with van der Waals surface area (Å²) in [6.07, 6.45) is 1.65. The normalized spacial score (nSPS) is 23.8. The third-order valence-corrected chi connectivity index (χ3v) is 3.08. The van der Waals surface area contributed by atoms with Crippen LogP contribution in [0.3, 0.4) is 0 Å². The van der Waals surface area contributed by atoms with E-state index in [1.807, 2.05) is 13.8 Å². The summed E-state index contributed by atoms with van der Waals surface area (Å²) >= 11 is 0. The van der Waals surface area contributed by atoms with E-state index in [0.29, 0.717) is 0 Å². The minimum atomic E-state index is -0.563. The quantitative estimate of drug-likeness (QED) is 0.793. The minimum absolute atomic E-state index is 0.0232. The average molecular weight is 207 g/mol. The maximum atomic E-state index is 13.1. The molecule has 0 spiro atoms. The highest BCUT2D eigenvalue weighted by Gasteiger charge is 2.41. The van der Waals surface area contributed by atoms with Crippen molar-refractivity contribution in [2.24, 2.45) is 0 Å². The Hall–Kier alpha value is -1.38. The Kier molecular flexibility index (Phi) is 2.25. The number of amides is 1. The largest absolute Gasteiger partial charge is 0.325 e. The Morgan fingerprint density at radius 1 is 1.47 bits per heavy atom. The van der Waals surface area contributed by atoms with Gasteiger partial charge in [-0.2, -0.15) is 0 Å². The number of carbonyl (C=O) groups excluding carboxylic acids is 1. The Bertz CT molecular complexity index is 416. The molecular weight excluding hydrogens is 193 g/mol. The molecule has 3 heteroatoms. The second kappa shape index (κ2) is 3.33. The van der Waals surface area contributed by atoms with E-state index in [9.17, 15) is 9.18 Å². The van der Waals surface area contributed by atoms with Crippen LogP contribution in [0.4, 0.5) is 10.1 Å². The average Bonchev–Trinajstić information content (AvgIpc) is 2.42. The lowest BCUT2D eigenvalue weighted by Crippen LogP contribution is -2.30. The fourth-order valence-electron chi connectivity index (χ4n) is 2.21. The SMILES string of the molecule is CCCC1(C)C(=O)Nc2ccc(F)cc21. The van der Waals surface area contributed by atoms with Crippen LogP contribution in [0.5, 0.6) is 0 Å². The third kappa shape index (κ3) is 1.42. The molecule has 0 aromatic heterocycles. The van der Waals surface area contributed by atoms with Crippen LogP contribution in [0, 0.1) is 5.82 Å². The van der Waals surface area contributed by atoms with Gasteiger partial charge < -0.3 is 5.32 Å². The monoisotopic (exact) mass is 207 g/mol. The topological polar surface area (TPSA) is 29.1 Å². The van der Waals surface area contributed by atoms with Gasteiger partial charge in [-0.25, -0.2) is 4.39 Å². The molecule has 2 nitrogen and oxygen atoms in total. The number of hydrogen-bond donors (Lipinski definition) is 1. The summed E-state index contributed by atoms with van der Waals surface area (Å²) in [7, 11) is 0. The molecule has 0 saturated carbocycles. The van der Waals surface area contributed by atoms with Gasteiger partial charge in [-0.05, 0) is 37.1 Å². The Labute approximate surface area is 88.5 Å². The molecule has 1 aromatic rings. The first-order chi connectivity index (χ1) is 7.08. The maximum Gasteiger partial charge on any atom is 0.234 e. The molecule has 0 aliphatic carbocycles. The zero-order valence-electron chi connectivity index (χ0n) is 8.93. The number of fused-ring (bicyclic) bond motifs is 1. The molecule has 1 aliphatic heterocycles. The molecule has 15 heavy (non-hydrogen) atoms. The Morgan fingerprint density at radius 3 is 2.87 bits per heavy atom. The van der Waals surface area contributed by atoms with E-state index in [0.717, 1.165) is 24.1 Å². The number of halogens is 1. The number of nitrogens with one attached hydrogen (secondary N) is 1. The van der Waals surface area contributed by atoms with Crippen molar-refractivity contribution < 1.29 is 9.18 Å². The summed E-state index contributed by atoms with van der Waals surface area (Å²) in [4.78, 5) is 11.8. The smallest absolute Gasteiger partial charge is 0.234 e. The van der Waals surface area contributed by atoms with E-state index in [-0.39, 0.29) is 11.7 Å². The zero-order valence-corrected chi connectivity index (χ0v) is 8.93. The molecule has 0 bridgehead atoms. The van der Waals surface area contributed by atoms with Gasteiger partial charge in [0.25, 0.3) is 0 Å². The fourth-order valence-corrected chi connectivity index (χ4v) is 2.21. The highest BCUT2D eigenvalue weighted by Crippen LogP contribution is 2.40. The predicted octanol–water partition coefficient (Wildman–Crippen LogP) is 2.84. The van der Waals surface area contributed by atoms with Crippen LogP contribution < -0.4 is 5.32 Å². The number of rotatable bonds is 2. The van der Waals surface area contributed by atoms with Crippen LogP contribution in [0.1, 0.15) is 32.3 Å². The van der Waals surface area contributed by atoms with Gasteiger partial charge in [0.05, 0.1) is 5.41 Å². The first kappa shape index (κ1) is 10.1. The van der Waals surface area contributed by atoms with Crippen molar-refractivity contribution in [2.75, 3.05) is 5.32 Å². The van der Waals surface area contributed by atoms with Crippen LogP contribution >= 0.6 is 0 Å². The number of hydrogen-bond acceptors (Lipinski definition) is 1. The lowest BCUT2D eigenvalue weighted by atomic mass is 9.80. The summed E-state index contributed by atoms with van der Waals surface area (Å²) < 4.78 is 13.1. The van der Waals surface area contributed by atoms with E-state index < -0.39 is 5.41 Å². The summed E-state index contributed by atoms with van der Waals surface area (Å²) in [6, 6.07) is 4.46. The number of carbonyl (C=O) groups is 1. The molecule has 1 aromatic carbocycles. The van der Waals surface area contributed by atoms with E-state index in [1.165, 1.54) is 12.1 Å². The third-order valence-electron chi connectivity index (χ3n) is 3.08. The van der Waals surface area contributed by atoms with Crippen LogP contribution in [-0.4, -0.2) is 5.91 Å². The Balaban J connectivity index is 2.52. The van der Waals surface area contributed by atoms with Crippen molar-refractivity contribution in [3.8, 4) is 0 Å². The molecule has 1 aliphatic rings. The standard InChI is InChI=1S/C12H14FNO/c1-3-6-12(2)9-7-8(13)4-5-10(9)14-11(12)15/h4-5,7H,3,6H2,1-2H3,(H,14,15). The van der Waals surface area contributed by atoms with Crippen molar-refractivity contribution in [1.82, 2.24) is 0 Å². The van der Waals surface area contributed by atoms with E-state index >= 15 is 0 Å². The van der Waals surface area contributed by atoms with E-state index in [2.05, 4.69) is 5.32 Å². The van der Waals surface area contributed by atoms with Crippen molar-refractivity contribution in [3.63, 3.8) is 0 Å². The van der Waals surface area contributed by atoms with Crippen LogP contribution in [0.15, 0.2) is 18.2 Å². The lowest BCUT2D eigenvalue weighted by molar-refractivity contribution is -0.120. The van der Waals surface area contributed by atoms with Crippen molar-refractivity contribution >= 4 is 11.6 Å². The summed E-state index contributed by atoms with van der Waals surface area (Å²) in [5.74, 6) is -0.308. The summed E-state index contributed by atoms with van der Waals surface area (Å²) in [6.45, 7) is 3.90. The second-order valence-electron chi connectivity index (χ2n) is 4.23. The molecule has 0 saturated heterocycles. The van der Waals surface area contributed by atoms with Crippen LogP contribution in [-0.2, 0) is 10.2 Å². The van der Waals surface area contributed by atoms with Gasteiger partial charge in [0, 0.05) is 5.69 Å². The molecule has 1 N–H and O–H groups in total. The molecule has 2 rings (SSSR count). The predicted molar refractivity (Wildman–Crippen MR) is 57.3 cm³/mol. The molecule has 1 unspecified atom stereocenters. The molecule has 0 fully saturated rings. The van der Waals surface area contributed by atoms with Gasteiger partial charge in [-0.15, -0.1) is 0 Å². The summed E-state index contributed by atoms with van der Waals surface area (Å²) in [5, 5.41) is 2.79. The van der Waals surface area contributed by atoms with Crippen LogP contribution in [0.2, 0.25) is 0 Å². The van der Waals surface area contributed by atoms with Gasteiger partial charge in [0.15, 0.2) is 0 Å². The molecular formula is C12H14FNO. The van der Waals surface area contributed by atoms with Gasteiger partial charge in [-0.3, -0.25) is 4.79 Å². The van der Waals surface area contributed by atoms with Crippen molar-refractivity contribution in [3.05, 3.63) is 29.6 Å². The first-order valence-electron chi connectivity index (χ1n) is 5.19. The minimum Gasteiger partial charge on any atom is -0.325 e. The molecule has 0 radical (unpaired) electrons. The highest BCUT2D eigenvalue weighted by molar-refractivity contribution is 6.05. The van der Waals surface area contributed by atoms with Gasteiger partial charge in [0.2, 0.25) is 5.91 Å². The van der Waals surface area contributed by atoms with Crippen LogP contribution in [0.25, 0.3) is 0 Å². The van der Waals surface area contributed by atoms with Gasteiger partial charge >= 0.3 is 0 Å². The van der Waals surface area contributed by atoms with E-state index in [1.54, 1.807) is 6.07 Å². The maximum absolute atomic E-state index is 13.1. The fraction of sp³-hybridized carbons (Fsp3) is 0.417. The van der Waals surface area contributed by atoms with Gasteiger partial charge in [-0.1, -0.05) is 13.3 Å². The summed E-state index contributed by atoms with van der Waals surface area (Å²) in [5.41, 5.74) is 0.971. The van der Waals surface area contributed by atoms with Crippen molar-refractivity contribution in [1.29, 1.82) is 0 Å². The molecule has 1 heterocycles. The first-order valence-corrected chi connectivity index (χ1v) is 5.19. The molecule has 1 atom stereocenters.